The number of nitrogens with one attached hydrogen (secondary N) is 1. The van der Waals surface area contributed by atoms with Crippen LogP contribution >= 0.6 is 27.5 Å². The molecule has 0 atom stereocenters. The van der Waals surface area contributed by atoms with Crippen LogP contribution in [0.5, 0.6) is 0 Å². The first-order chi connectivity index (χ1) is 14.0. The van der Waals surface area contributed by atoms with Gasteiger partial charge in [-0.3, -0.25) is 4.79 Å². The van der Waals surface area contributed by atoms with Crippen LogP contribution in [0.2, 0.25) is 5.15 Å². The predicted molar refractivity (Wildman–Crippen MR) is 119 cm³/mol. The highest BCUT2D eigenvalue weighted by molar-refractivity contribution is 9.10. The summed E-state index contributed by atoms with van der Waals surface area (Å²) in [5.74, 6) is 0.275. The lowest BCUT2D eigenvalue weighted by molar-refractivity contribution is 0.102. The third kappa shape index (κ3) is 4.39. The summed E-state index contributed by atoms with van der Waals surface area (Å²) in [7, 11) is 0. The average Bonchev–Trinajstić information content (AvgIpc) is 3.12. The second-order valence-corrected chi connectivity index (χ2v) is 7.75. The summed E-state index contributed by atoms with van der Waals surface area (Å²) in [6.07, 6.45) is 0. The minimum Gasteiger partial charge on any atom is -0.306 e. The minimum atomic E-state index is -0.282. The number of aromatic nitrogens is 3. The van der Waals surface area contributed by atoms with Crippen LogP contribution in [0.4, 0.5) is 5.82 Å². The fourth-order valence-electron chi connectivity index (χ4n) is 2.95. The maximum atomic E-state index is 12.9. The highest BCUT2D eigenvalue weighted by Gasteiger charge is 2.15. The first-order valence-corrected chi connectivity index (χ1v) is 10.0. The molecule has 2 heterocycles. The fourth-order valence-corrected chi connectivity index (χ4v) is 3.46. The van der Waals surface area contributed by atoms with Crippen molar-refractivity contribution < 1.29 is 4.79 Å². The number of hydrogen-bond donors (Lipinski definition) is 1. The van der Waals surface area contributed by atoms with Gasteiger partial charge < -0.3 is 5.32 Å². The van der Waals surface area contributed by atoms with Gasteiger partial charge in [-0.25, -0.2) is 9.67 Å². The number of amides is 1. The standard InChI is InChI=1S/C22H16BrClN4O/c1-14-11-16(12-20(24)25-14)22(29)26-21-13-19(15-5-3-2-4-6-15)27-28(21)18-9-7-17(23)8-10-18/h2-13H,1H3,(H,26,29). The zero-order chi connectivity index (χ0) is 20.4. The van der Waals surface area contributed by atoms with E-state index in [1.807, 2.05) is 60.7 Å². The zero-order valence-electron chi connectivity index (χ0n) is 15.4. The summed E-state index contributed by atoms with van der Waals surface area (Å²) in [4.78, 5) is 17.0. The van der Waals surface area contributed by atoms with Crippen LogP contribution in [-0.2, 0) is 0 Å². The van der Waals surface area contributed by atoms with Crippen molar-refractivity contribution in [2.24, 2.45) is 0 Å². The minimum absolute atomic E-state index is 0.279. The van der Waals surface area contributed by atoms with Crippen LogP contribution < -0.4 is 5.32 Å². The van der Waals surface area contributed by atoms with Gasteiger partial charge in [0.05, 0.1) is 11.4 Å². The van der Waals surface area contributed by atoms with Gasteiger partial charge in [-0.05, 0) is 43.3 Å². The van der Waals surface area contributed by atoms with Crippen molar-refractivity contribution in [3.63, 3.8) is 0 Å². The van der Waals surface area contributed by atoms with Crippen LogP contribution in [0.25, 0.3) is 16.9 Å². The van der Waals surface area contributed by atoms with E-state index in [2.05, 4.69) is 26.2 Å². The van der Waals surface area contributed by atoms with E-state index in [0.29, 0.717) is 17.1 Å². The maximum Gasteiger partial charge on any atom is 0.256 e. The molecule has 4 aromatic rings. The fraction of sp³-hybridized carbons (Fsp3) is 0.0455. The SMILES string of the molecule is Cc1cc(C(=O)Nc2cc(-c3ccccc3)nn2-c2ccc(Br)cc2)cc(Cl)n1. The molecule has 0 radical (unpaired) electrons. The molecule has 2 aromatic carbocycles. The van der Waals surface area contributed by atoms with E-state index in [1.54, 1.807) is 23.7 Å². The van der Waals surface area contributed by atoms with Gasteiger partial charge in [-0.2, -0.15) is 5.10 Å². The molecule has 0 spiro atoms. The summed E-state index contributed by atoms with van der Waals surface area (Å²) < 4.78 is 2.67. The van der Waals surface area contributed by atoms with Gasteiger partial charge in [0, 0.05) is 27.4 Å². The predicted octanol–water partition coefficient (Wildman–Crippen LogP) is 5.91. The molecule has 0 fully saturated rings. The Bertz CT molecular complexity index is 1150. The number of pyridine rings is 1. The molecule has 0 bridgehead atoms. The van der Waals surface area contributed by atoms with E-state index >= 15 is 0 Å². The first kappa shape index (κ1) is 19.4. The van der Waals surface area contributed by atoms with Crippen molar-refractivity contribution in [1.82, 2.24) is 14.8 Å². The molecule has 7 heteroatoms. The molecule has 0 aliphatic carbocycles. The number of anilines is 1. The smallest absolute Gasteiger partial charge is 0.256 e. The number of nitrogens with zero attached hydrogens (tertiary/aromatic N) is 3. The second kappa shape index (κ2) is 8.19. The van der Waals surface area contributed by atoms with Crippen molar-refractivity contribution >= 4 is 39.3 Å². The third-order valence-electron chi connectivity index (χ3n) is 4.28. The number of hydrogen-bond acceptors (Lipinski definition) is 3. The third-order valence-corrected chi connectivity index (χ3v) is 5.00. The molecule has 0 saturated heterocycles. The molecule has 1 N–H and O–H groups in total. The maximum absolute atomic E-state index is 12.9. The monoisotopic (exact) mass is 466 g/mol. The molecule has 0 aliphatic heterocycles. The molecule has 4 rings (SSSR count). The molecular formula is C22H16BrClN4O. The van der Waals surface area contributed by atoms with Gasteiger partial charge in [0.1, 0.15) is 11.0 Å². The Morgan fingerprint density at radius 2 is 1.76 bits per heavy atom. The van der Waals surface area contributed by atoms with E-state index in [9.17, 15) is 4.79 Å². The van der Waals surface area contributed by atoms with Crippen LogP contribution in [0.15, 0.2) is 77.3 Å². The molecule has 0 aliphatic rings. The van der Waals surface area contributed by atoms with Crippen LogP contribution in [0, 0.1) is 6.92 Å². The molecule has 29 heavy (non-hydrogen) atoms. The van der Waals surface area contributed by atoms with Gasteiger partial charge in [0.2, 0.25) is 0 Å². The number of carbonyl (C=O) groups excluding carboxylic acids is 1. The lowest BCUT2D eigenvalue weighted by atomic mass is 10.1. The van der Waals surface area contributed by atoms with Gasteiger partial charge in [-0.15, -0.1) is 0 Å². The van der Waals surface area contributed by atoms with Crippen molar-refractivity contribution in [2.75, 3.05) is 5.32 Å². The number of aryl methyl sites for hydroxylation is 1. The average molecular weight is 468 g/mol. The molecule has 5 nitrogen and oxygen atoms in total. The Hall–Kier alpha value is -2.96. The van der Waals surface area contributed by atoms with Crippen molar-refractivity contribution in [1.29, 1.82) is 0 Å². The molecule has 2 aromatic heterocycles. The highest BCUT2D eigenvalue weighted by atomic mass is 79.9. The largest absolute Gasteiger partial charge is 0.306 e. The Morgan fingerprint density at radius 1 is 1.03 bits per heavy atom. The summed E-state index contributed by atoms with van der Waals surface area (Å²) >= 11 is 9.46. The van der Waals surface area contributed by atoms with E-state index in [0.717, 1.165) is 21.4 Å². The summed E-state index contributed by atoms with van der Waals surface area (Å²) in [5.41, 5.74) is 3.66. The van der Waals surface area contributed by atoms with E-state index in [-0.39, 0.29) is 11.1 Å². The highest BCUT2D eigenvalue weighted by Crippen LogP contribution is 2.26. The number of halogens is 2. The van der Waals surface area contributed by atoms with Crippen molar-refractivity contribution in [3.8, 4) is 16.9 Å². The van der Waals surface area contributed by atoms with Gasteiger partial charge in [-0.1, -0.05) is 57.9 Å². The number of rotatable bonds is 4. The molecule has 0 unspecified atom stereocenters. The summed E-state index contributed by atoms with van der Waals surface area (Å²) in [5, 5.41) is 7.94. The van der Waals surface area contributed by atoms with E-state index in [1.165, 1.54) is 0 Å². The molecular weight excluding hydrogens is 452 g/mol. The number of carbonyl (C=O) groups is 1. The molecule has 0 saturated carbocycles. The normalized spacial score (nSPS) is 10.7. The Balaban J connectivity index is 1.75. The van der Waals surface area contributed by atoms with Gasteiger partial charge in [0.15, 0.2) is 0 Å². The lowest BCUT2D eigenvalue weighted by Gasteiger charge is -2.09. The van der Waals surface area contributed by atoms with Crippen LogP contribution in [-0.4, -0.2) is 20.7 Å². The van der Waals surface area contributed by atoms with Gasteiger partial charge >= 0.3 is 0 Å². The second-order valence-electron chi connectivity index (χ2n) is 6.44. The summed E-state index contributed by atoms with van der Waals surface area (Å²) in [6, 6.07) is 22.6. The van der Waals surface area contributed by atoms with E-state index in [4.69, 9.17) is 16.7 Å². The van der Waals surface area contributed by atoms with Crippen molar-refractivity contribution in [2.45, 2.75) is 6.92 Å². The first-order valence-electron chi connectivity index (χ1n) is 8.86. The van der Waals surface area contributed by atoms with Crippen LogP contribution in [0.1, 0.15) is 16.1 Å². The topological polar surface area (TPSA) is 59.8 Å². The van der Waals surface area contributed by atoms with E-state index < -0.39 is 0 Å². The Labute approximate surface area is 181 Å². The summed E-state index contributed by atoms with van der Waals surface area (Å²) in [6.45, 7) is 1.79. The Kier molecular flexibility index (Phi) is 5.47. The lowest BCUT2D eigenvalue weighted by Crippen LogP contribution is -2.15. The van der Waals surface area contributed by atoms with Gasteiger partial charge in [0.25, 0.3) is 5.91 Å². The Morgan fingerprint density at radius 3 is 2.45 bits per heavy atom. The quantitative estimate of drug-likeness (QED) is 0.380. The molecule has 1 amide bonds. The van der Waals surface area contributed by atoms with Crippen molar-refractivity contribution in [3.05, 3.63) is 93.7 Å². The van der Waals surface area contributed by atoms with Crippen LogP contribution in [0.3, 0.4) is 0 Å². The molecule has 144 valence electrons. The zero-order valence-corrected chi connectivity index (χ0v) is 17.8. The number of benzene rings is 2.